The lowest BCUT2D eigenvalue weighted by Crippen LogP contribution is -2.29. The van der Waals surface area contributed by atoms with Gasteiger partial charge in [0.15, 0.2) is 0 Å². The molecule has 0 radical (unpaired) electrons. The Morgan fingerprint density at radius 1 is 0.892 bits per heavy atom. The summed E-state index contributed by atoms with van der Waals surface area (Å²) < 4.78 is 10.9. The zero-order valence-corrected chi connectivity index (χ0v) is 21.0. The van der Waals surface area contributed by atoms with E-state index in [9.17, 15) is 14.4 Å². The predicted octanol–water partition coefficient (Wildman–Crippen LogP) is 4.41. The van der Waals surface area contributed by atoms with E-state index in [1.807, 2.05) is 62.4 Å². The average Bonchev–Trinajstić information content (AvgIpc) is 3.31. The number of para-hydroxylation sites is 1. The molecule has 0 saturated carbocycles. The second-order valence-electron chi connectivity index (χ2n) is 8.63. The first kappa shape index (κ1) is 25.8. The molecule has 1 fully saturated rings. The number of benzene rings is 3. The van der Waals surface area contributed by atoms with Gasteiger partial charge in [0.1, 0.15) is 11.5 Å². The summed E-state index contributed by atoms with van der Waals surface area (Å²) >= 11 is 0. The van der Waals surface area contributed by atoms with Crippen molar-refractivity contribution in [3.63, 3.8) is 0 Å². The Labute approximate surface area is 216 Å². The van der Waals surface area contributed by atoms with Gasteiger partial charge in [-0.1, -0.05) is 24.3 Å². The second kappa shape index (κ2) is 12.1. The van der Waals surface area contributed by atoms with Gasteiger partial charge in [0.25, 0.3) is 5.91 Å². The van der Waals surface area contributed by atoms with Gasteiger partial charge < -0.3 is 25.0 Å². The minimum absolute atomic E-state index is 0.102. The van der Waals surface area contributed by atoms with Crippen molar-refractivity contribution in [2.75, 3.05) is 30.0 Å². The van der Waals surface area contributed by atoms with Crippen LogP contribution in [0.5, 0.6) is 11.5 Å². The van der Waals surface area contributed by atoms with E-state index in [0.717, 1.165) is 22.7 Å². The van der Waals surface area contributed by atoms with Crippen molar-refractivity contribution in [1.82, 2.24) is 5.32 Å². The monoisotopic (exact) mass is 501 g/mol. The van der Waals surface area contributed by atoms with Crippen LogP contribution in [-0.2, 0) is 16.1 Å². The van der Waals surface area contributed by atoms with Crippen molar-refractivity contribution in [3.8, 4) is 11.5 Å². The van der Waals surface area contributed by atoms with E-state index in [0.29, 0.717) is 31.0 Å². The van der Waals surface area contributed by atoms with Gasteiger partial charge >= 0.3 is 0 Å². The van der Waals surface area contributed by atoms with Crippen LogP contribution in [0.1, 0.15) is 36.2 Å². The van der Waals surface area contributed by atoms with E-state index in [4.69, 9.17) is 9.47 Å². The molecule has 3 aromatic carbocycles. The quantitative estimate of drug-likeness (QED) is 0.429. The molecular weight excluding hydrogens is 470 g/mol. The first-order chi connectivity index (χ1) is 18.0. The molecule has 0 bridgehead atoms. The lowest BCUT2D eigenvalue weighted by atomic mass is 10.1. The number of hydrogen-bond acceptors (Lipinski definition) is 5. The van der Waals surface area contributed by atoms with Crippen molar-refractivity contribution in [2.24, 2.45) is 5.92 Å². The maximum atomic E-state index is 13.1. The average molecular weight is 502 g/mol. The molecule has 0 aromatic heterocycles. The molecule has 3 amide bonds. The summed E-state index contributed by atoms with van der Waals surface area (Å²) in [5.41, 5.74) is 2.41. The fraction of sp³-hybridized carbons (Fsp3) is 0.276. The molecular formula is C29H31N3O5. The standard InChI is InChI=1S/C29H31N3O5/c1-3-36-23-13-9-20(10-14-23)18-30-29(35)25-7-5-6-8-26(25)31-28(34)21-17-27(33)32(19-21)22-11-15-24(16-12-22)37-4-2/h5-16,21H,3-4,17-19H2,1-2H3,(H,30,35)(H,31,34)/t21-/m0/s1. The van der Waals surface area contributed by atoms with Crippen LogP contribution in [-0.4, -0.2) is 37.5 Å². The van der Waals surface area contributed by atoms with Crippen molar-refractivity contribution < 1.29 is 23.9 Å². The molecule has 3 aromatic rings. The Hall–Kier alpha value is -4.33. The minimum atomic E-state index is -0.529. The number of rotatable bonds is 10. The predicted molar refractivity (Wildman–Crippen MR) is 142 cm³/mol. The molecule has 37 heavy (non-hydrogen) atoms. The van der Waals surface area contributed by atoms with E-state index in [2.05, 4.69) is 10.6 Å². The molecule has 8 nitrogen and oxygen atoms in total. The first-order valence-electron chi connectivity index (χ1n) is 12.4. The molecule has 1 heterocycles. The van der Waals surface area contributed by atoms with Gasteiger partial charge in [-0.25, -0.2) is 0 Å². The molecule has 8 heteroatoms. The number of nitrogens with one attached hydrogen (secondary N) is 2. The fourth-order valence-electron chi connectivity index (χ4n) is 4.19. The molecule has 192 valence electrons. The van der Waals surface area contributed by atoms with Crippen molar-refractivity contribution in [3.05, 3.63) is 83.9 Å². The van der Waals surface area contributed by atoms with Crippen LogP contribution < -0.4 is 25.0 Å². The fourth-order valence-corrected chi connectivity index (χ4v) is 4.19. The number of nitrogens with zero attached hydrogens (tertiary/aromatic N) is 1. The minimum Gasteiger partial charge on any atom is -0.494 e. The van der Waals surface area contributed by atoms with Crippen LogP contribution in [0.15, 0.2) is 72.8 Å². The highest BCUT2D eigenvalue weighted by Gasteiger charge is 2.35. The summed E-state index contributed by atoms with van der Waals surface area (Å²) in [4.78, 5) is 40.2. The molecule has 1 atom stereocenters. The van der Waals surface area contributed by atoms with Gasteiger partial charge in [-0.05, 0) is 67.9 Å². The summed E-state index contributed by atoms with van der Waals surface area (Å²) in [6, 6.07) is 21.6. The molecule has 1 aliphatic rings. The lowest BCUT2D eigenvalue weighted by Gasteiger charge is -2.17. The number of carbonyl (C=O) groups excluding carboxylic acids is 3. The Bertz CT molecular complexity index is 1240. The van der Waals surface area contributed by atoms with E-state index in [-0.39, 0.29) is 30.7 Å². The molecule has 2 N–H and O–H groups in total. The normalized spacial score (nSPS) is 14.8. The zero-order valence-electron chi connectivity index (χ0n) is 21.0. The molecule has 1 saturated heterocycles. The van der Waals surface area contributed by atoms with E-state index >= 15 is 0 Å². The van der Waals surface area contributed by atoms with Gasteiger partial charge in [0.05, 0.1) is 30.4 Å². The third-order valence-corrected chi connectivity index (χ3v) is 6.07. The number of anilines is 2. The second-order valence-corrected chi connectivity index (χ2v) is 8.63. The molecule has 0 spiro atoms. The van der Waals surface area contributed by atoms with Crippen molar-refractivity contribution in [2.45, 2.75) is 26.8 Å². The first-order valence-corrected chi connectivity index (χ1v) is 12.4. The van der Waals surface area contributed by atoms with Crippen LogP contribution in [0.2, 0.25) is 0 Å². The van der Waals surface area contributed by atoms with Crippen molar-refractivity contribution >= 4 is 29.1 Å². The number of amides is 3. The van der Waals surface area contributed by atoms with Gasteiger partial charge in [0, 0.05) is 25.2 Å². The number of carbonyl (C=O) groups is 3. The van der Waals surface area contributed by atoms with E-state index in [1.165, 1.54) is 0 Å². The summed E-state index contributed by atoms with van der Waals surface area (Å²) in [6.45, 7) is 5.59. The zero-order chi connectivity index (χ0) is 26.2. The summed E-state index contributed by atoms with van der Waals surface area (Å²) in [6.07, 6.45) is 0.102. The molecule has 4 rings (SSSR count). The summed E-state index contributed by atoms with van der Waals surface area (Å²) in [5, 5.41) is 5.75. The van der Waals surface area contributed by atoms with Crippen molar-refractivity contribution in [1.29, 1.82) is 0 Å². The summed E-state index contributed by atoms with van der Waals surface area (Å²) in [7, 11) is 0. The van der Waals surface area contributed by atoms with Crippen LogP contribution in [0, 0.1) is 5.92 Å². The Balaban J connectivity index is 1.37. The van der Waals surface area contributed by atoms with Crippen LogP contribution in [0.25, 0.3) is 0 Å². The lowest BCUT2D eigenvalue weighted by molar-refractivity contribution is -0.122. The maximum Gasteiger partial charge on any atom is 0.253 e. The van der Waals surface area contributed by atoms with Gasteiger partial charge in [-0.3, -0.25) is 14.4 Å². The van der Waals surface area contributed by atoms with Crippen LogP contribution >= 0.6 is 0 Å². The number of ether oxygens (including phenoxy) is 2. The Morgan fingerprint density at radius 2 is 1.51 bits per heavy atom. The number of hydrogen-bond donors (Lipinski definition) is 2. The van der Waals surface area contributed by atoms with Crippen LogP contribution in [0.3, 0.4) is 0 Å². The Morgan fingerprint density at radius 3 is 2.16 bits per heavy atom. The van der Waals surface area contributed by atoms with Gasteiger partial charge in [-0.2, -0.15) is 0 Å². The highest BCUT2D eigenvalue weighted by Crippen LogP contribution is 2.28. The van der Waals surface area contributed by atoms with Crippen LogP contribution in [0.4, 0.5) is 11.4 Å². The largest absolute Gasteiger partial charge is 0.494 e. The third kappa shape index (κ3) is 6.46. The van der Waals surface area contributed by atoms with E-state index in [1.54, 1.807) is 29.2 Å². The Kier molecular flexibility index (Phi) is 8.40. The molecule has 1 aliphatic heterocycles. The smallest absolute Gasteiger partial charge is 0.253 e. The highest BCUT2D eigenvalue weighted by molar-refractivity contribution is 6.07. The molecule has 0 unspecified atom stereocenters. The molecule has 0 aliphatic carbocycles. The third-order valence-electron chi connectivity index (χ3n) is 6.07. The van der Waals surface area contributed by atoms with Gasteiger partial charge in [-0.15, -0.1) is 0 Å². The maximum absolute atomic E-state index is 13.1. The van der Waals surface area contributed by atoms with Gasteiger partial charge in [0.2, 0.25) is 11.8 Å². The summed E-state index contributed by atoms with van der Waals surface area (Å²) in [5.74, 6) is 0.253. The van der Waals surface area contributed by atoms with E-state index < -0.39 is 5.92 Å². The SMILES string of the molecule is CCOc1ccc(CNC(=O)c2ccccc2NC(=O)[C@H]2CC(=O)N(c3ccc(OCC)cc3)C2)cc1. The topological polar surface area (TPSA) is 97.0 Å². The highest BCUT2D eigenvalue weighted by atomic mass is 16.5.